The van der Waals surface area contributed by atoms with Crippen LogP contribution in [0.1, 0.15) is 0 Å². The Balaban J connectivity index is 5.52. The summed E-state index contributed by atoms with van der Waals surface area (Å²) in [5.74, 6) is 0. The molecule has 0 spiro atoms. The van der Waals surface area contributed by atoms with Gasteiger partial charge in [-0.25, -0.2) is 0 Å². The molecule has 0 aromatic heterocycles. The molecule has 0 bridgehead atoms. The Morgan fingerprint density at radius 2 is 0.759 bits per heavy atom. The predicted molar refractivity (Wildman–Crippen MR) is 139 cm³/mol. The highest BCUT2D eigenvalue weighted by atomic mass is 28.5. The van der Waals surface area contributed by atoms with Crippen molar-refractivity contribution in [1.29, 1.82) is 0 Å². The summed E-state index contributed by atoms with van der Waals surface area (Å²) in [5, 5.41) is 0. The maximum atomic E-state index is 6.56. The molecule has 0 aromatic rings. The highest BCUT2D eigenvalue weighted by molar-refractivity contribution is 6.95. The highest BCUT2D eigenvalue weighted by Gasteiger charge is 2.48. The van der Waals surface area contributed by atoms with Crippen molar-refractivity contribution in [3.8, 4) is 0 Å². The Labute approximate surface area is 185 Å². The topological polar surface area (TPSA) is 46.2 Å². The molecule has 0 aliphatic heterocycles. The lowest BCUT2D eigenvalue weighted by atomic mass is 11.3. The Morgan fingerprint density at radius 1 is 0.414 bits per heavy atom. The maximum absolute atomic E-state index is 6.56. The van der Waals surface area contributed by atoms with Crippen LogP contribution >= 0.6 is 0 Å². The van der Waals surface area contributed by atoms with E-state index in [4.69, 9.17) is 20.6 Å². The normalized spacial score (nSPS) is 17.7. The summed E-state index contributed by atoms with van der Waals surface area (Å²) in [6, 6.07) is 0. The van der Waals surface area contributed by atoms with Gasteiger partial charge in [0, 0.05) is 0 Å². The fourth-order valence-corrected chi connectivity index (χ4v) is 28.2. The highest BCUT2D eigenvalue weighted by Crippen LogP contribution is 2.28. The van der Waals surface area contributed by atoms with Crippen LogP contribution in [0, 0.1) is 0 Å². The van der Waals surface area contributed by atoms with Crippen molar-refractivity contribution in [2.24, 2.45) is 0 Å². The molecule has 0 aromatic carbocycles. The van der Waals surface area contributed by atoms with Gasteiger partial charge in [0.15, 0.2) is 16.6 Å². The average Bonchev–Trinajstić information content (AvgIpc) is 2.51. The molecule has 29 heavy (non-hydrogen) atoms. The molecule has 0 N–H and O–H groups in total. The van der Waals surface area contributed by atoms with Crippen LogP contribution in [0.5, 0.6) is 0 Å². The molecule has 0 aliphatic rings. The van der Waals surface area contributed by atoms with Crippen LogP contribution in [0.3, 0.4) is 0 Å². The van der Waals surface area contributed by atoms with E-state index >= 15 is 0 Å². The van der Waals surface area contributed by atoms with Gasteiger partial charge in [0.25, 0.3) is 0 Å². The smallest absolute Gasteiger partial charge is 0.343 e. The quantitative estimate of drug-likeness (QED) is 0.273. The van der Waals surface area contributed by atoms with Gasteiger partial charge in [0.1, 0.15) is 0 Å². The first-order chi connectivity index (χ1) is 12.8. The van der Waals surface area contributed by atoms with Crippen molar-refractivity contribution in [1.82, 2.24) is 0 Å². The fraction of sp³-hybridized carbons (Fsp3) is 0.556. The van der Waals surface area contributed by atoms with Gasteiger partial charge < -0.3 is 20.6 Å². The van der Waals surface area contributed by atoms with Crippen molar-refractivity contribution in [3.05, 3.63) is 49.1 Å². The third-order valence-corrected chi connectivity index (χ3v) is 26.1. The second kappa shape index (κ2) is 10.1. The van der Waals surface area contributed by atoms with Gasteiger partial charge in [-0.05, 0) is 65.5 Å². The monoisotopic (exact) mass is 506 g/mol. The summed E-state index contributed by atoms with van der Waals surface area (Å²) >= 11 is 0. The summed E-state index contributed by atoms with van der Waals surface area (Å²) in [6.45, 7) is 36.3. The van der Waals surface area contributed by atoms with Crippen molar-refractivity contribution < 1.29 is 20.6 Å². The van der Waals surface area contributed by atoms with Crippen LogP contribution in [-0.4, -0.2) is 50.9 Å². The summed E-state index contributed by atoms with van der Waals surface area (Å²) in [7, 11) is -14.4. The summed E-state index contributed by atoms with van der Waals surface area (Å²) < 4.78 is 32.4. The third-order valence-electron chi connectivity index (χ3n) is 4.04. The summed E-state index contributed by atoms with van der Waals surface area (Å²) in [6.07, 6.45) is 0. The summed E-state index contributed by atoms with van der Waals surface area (Å²) in [4.78, 5) is 0. The molecule has 0 fully saturated rings. The summed E-state index contributed by atoms with van der Waals surface area (Å²) in [5.41, 5.74) is 7.43. The van der Waals surface area contributed by atoms with Crippen molar-refractivity contribution in [2.45, 2.75) is 65.5 Å². The Kier molecular flexibility index (Phi) is 10.1. The van der Waals surface area contributed by atoms with E-state index in [1.54, 1.807) is 11.4 Å². The predicted octanol–water partition coefficient (Wildman–Crippen LogP) is 5.93. The van der Waals surface area contributed by atoms with Crippen LogP contribution in [0.2, 0.25) is 65.5 Å². The largest absolute Gasteiger partial charge is 0.433 e. The van der Waals surface area contributed by atoms with E-state index in [9.17, 15) is 0 Å². The van der Waals surface area contributed by atoms with Gasteiger partial charge in [-0.15, -0.1) is 26.3 Å². The first-order valence-electron chi connectivity index (χ1n) is 9.83. The SMILES string of the molecule is C=C[Si](C)(C)O[Si](C)(C)O[Si](C)(C)O[Si](C)(C=C)O[Si](C)(C=C)O[Si](C)(C)C=C. The molecule has 2 atom stereocenters. The first-order valence-corrected chi connectivity index (χ1v) is 26.2. The molecular formula is C18H42O5Si6. The van der Waals surface area contributed by atoms with Gasteiger partial charge in [0.2, 0.25) is 0 Å². The Hall–Kier alpha value is 0.0613. The molecular weight excluding hydrogens is 465 g/mol. The first kappa shape index (κ1) is 29.1. The molecule has 11 heteroatoms. The zero-order valence-electron chi connectivity index (χ0n) is 20.2. The van der Waals surface area contributed by atoms with Crippen LogP contribution < -0.4 is 0 Å². The standard InChI is InChI=1S/C18H42O5Si6/c1-15-24(5,6)19-26(9,10)21-27(11,12)22-29(14,18-4)23-28(13,17-3)20-25(7,8)16-2/h15-18H,1-4H2,5-14H3. The minimum atomic E-state index is -2.78. The lowest BCUT2D eigenvalue weighted by Crippen LogP contribution is -2.60. The Bertz CT molecular complexity index is 622. The van der Waals surface area contributed by atoms with E-state index in [0.717, 1.165) is 0 Å². The zero-order valence-corrected chi connectivity index (χ0v) is 26.2. The van der Waals surface area contributed by atoms with Crippen LogP contribution in [0.25, 0.3) is 0 Å². The molecule has 5 nitrogen and oxygen atoms in total. The maximum Gasteiger partial charge on any atom is 0.343 e. The van der Waals surface area contributed by atoms with E-state index in [2.05, 4.69) is 65.6 Å². The van der Waals surface area contributed by atoms with Gasteiger partial charge in [0.05, 0.1) is 0 Å². The van der Waals surface area contributed by atoms with E-state index < -0.39 is 50.9 Å². The van der Waals surface area contributed by atoms with E-state index in [1.165, 1.54) is 0 Å². The average molecular weight is 507 g/mol. The van der Waals surface area contributed by atoms with Gasteiger partial charge in [-0.1, -0.05) is 22.8 Å². The fourth-order valence-electron chi connectivity index (χ4n) is 2.97. The van der Waals surface area contributed by atoms with E-state index in [1.807, 2.05) is 37.6 Å². The molecule has 0 saturated carbocycles. The minimum absolute atomic E-state index is 1.80. The molecule has 0 amide bonds. The molecule has 0 rings (SSSR count). The van der Waals surface area contributed by atoms with Gasteiger partial charge in [-0.2, -0.15) is 0 Å². The van der Waals surface area contributed by atoms with Crippen molar-refractivity contribution in [2.75, 3.05) is 0 Å². The molecule has 0 heterocycles. The molecule has 2 unspecified atom stereocenters. The van der Waals surface area contributed by atoms with Crippen molar-refractivity contribution in [3.63, 3.8) is 0 Å². The molecule has 0 saturated heterocycles. The van der Waals surface area contributed by atoms with E-state index in [-0.39, 0.29) is 0 Å². The van der Waals surface area contributed by atoms with Crippen LogP contribution in [0.15, 0.2) is 49.1 Å². The van der Waals surface area contributed by atoms with Crippen LogP contribution in [0.4, 0.5) is 0 Å². The second-order valence-electron chi connectivity index (χ2n) is 9.37. The number of hydrogen-bond acceptors (Lipinski definition) is 5. The molecule has 0 radical (unpaired) electrons. The Morgan fingerprint density at radius 3 is 1.14 bits per heavy atom. The lowest BCUT2D eigenvalue weighted by molar-refractivity contribution is 0.288. The van der Waals surface area contributed by atoms with E-state index in [0.29, 0.717) is 0 Å². The van der Waals surface area contributed by atoms with Gasteiger partial charge in [-0.3, -0.25) is 0 Å². The van der Waals surface area contributed by atoms with Crippen LogP contribution in [-0.2, 0) is 20.6 Å². The molecule has 168 valence electrons. The zero-order chi connectivity index (χ0) is 23.4. The second-order valence-corrected chi connectivity index (χ2v) is 31.2. The van der Waals surface area contributed by atoms with Gasteiger partial charge >= 0.3 is 34.2 Å². The minimum Gasteiger partial charge on any atom is -0.433 e. The third kappa shape index (κ3) is 10.8. The number of hydrogen-bond donors (Lipinski definition) is 0. The molecule has 0 aliphatic carbocycles. The van der Waals surface area contributed by atoms with Crippen molar-refractivity contribution >= 4 is 50.9 Å². The lowest BCUT2D eigenvalue weighted by Gasteiger charge is -2.42. The number of rotatable bonds is 14.